The molecule has 0 aliphatic carbocycles. The summed E-state index contributed by atoms with van der Waals surface area (Å²) in [6.07, 6.45) is 0. The Morgan fingerprint density at radius 3 is 2.45 bits per heavy atom. The lowest BCUT2D eigenvalue weighted by molar-refractivity contribution is 0.0921. The van der Waals surface area contributed by atoms with E-state index in [1.165, 1.54) is 6.07 Å². The molecule has 0 atom stereocenters. The van der Waals surface area contributed by atoms with E-state index in [2.05, 4.69) is 0 Å². The molecular weight excluding hydrogens is 388 g/mol. The van der Waals surface area contributed by atoms with Crippen molar-refractivity contribution in [2.75, 3.05) is 6.61 Å². The minimum atomic E-state index is -0.472. The first-order chi connectivity index (χ1) is 14.0. The summed E-state index contributed by atoms with van der Waals surface area (Å²) in [4.78, 5) is 24.4. The van der Waals surface area contributed by atoms with Crippen molar-refractivity contribution >= 4 is 28.4 Å². The van der Waals surface area contributed by atoms with E-state index in [0.29, 0.717) is 21.6 Å². The SMILES string of the molecule is Cc1ccc(C(=O)COc2cc3oc(=O)cc(-c4ccccc4)c3cc2Cl)cc1. The van der Waals surface area contributed by atoms with E-state index < -0.39 is 5.63 Å². The third-order valence-electron chi connectivity index (χ3n) is 4.61. The van der Waals surface area contributed by atoms with Crippen LogP contribution in [0.5, 0.6) is 5.75 Å². The van der Waals surface area contributed by atoms with E-state index in [9.17, 15) is 9.59 Å². The van der Waals surface area contributed by atoms with Crippen molar-refractivity contribution in [3.05, 3.63) is 99.4 Å². The van der Waals surface area contributed by atoms with Gasteiger partial charge in [-0.25, -0.2) is 4.79 Å². The number of carbonyl (C=O) groups is 1. The lowest BCUT2D eigenvalue weighted by Crippen LogP contribution is -2.11. The van der Waals surface area contributed by atoms with Gasteiger partial charge in [-0.3, -0.25) is 4.79 Å². The number of ether oxygens (including phenoxy) is 1. The second-order valence-corrected chi connectivity index (χ2v) is 7.11. The number of fused-ring (bicyclic) bond motifs is 1. The molecule has 0 amide bonds. The average molecular weight is 405 g/mol. The zero-order valence-electron chi connectivity index (χ0n) is 15.6. The van der Waals surface area contributed by atoms with Crippen LogP contribution in [0.2, 0.25) is 5.02 Å². The second kappa shape index (κ2) is 7.94. The highest BCUT2D eigenvalue weighted by Crippen LogP contribution is 2.34. The predicted octanol–water partition coefficient (Wildman–Crippen LogP) is 5.68. The summed E-state index contributed by atoms with van der Waals surface area (Å²) in [6, 6.07) is 21.4. The molecule has 0 saturated carbocycles. The van der Waals surface area contributed by atoms with Crippen molar-refractivity contribution in [3.63, 3.8) is 0 Å². The number of benzene rings is 3. The zero-order chi connectivity index (χ0) is 20.4. The highest BCUT2D eigenvalue weighted by atomic mass is 35.5. The fraction of sp³-hybridized carbons (Fsp3) is 0.0833. The van der Waals surface area contributed by atoms with Gasteiger partial charge in [0.1, 0.15) is 11.3 Å². The Morgan fingerprint density at radius 1 is 1.00 bits per heavy atom. The first kappa shape index (κ1) is 19.0. The number of Topliss-reactive ketones (excluding diaryl/α,β-unsaturated/α-hetero) is 1. The van der Waals surface area contributed by atoms with Gasteiger partial charge in [0.2, 0.25) is 0 Å². The minimum Gasteiger partial charge on any atom is -0.484 e. The molecule has 0 aliphatic heterocycles. The van der Waals surface area contributed by atoms with Gasteiger partial charge in [-0.15, -0.1) is 0 Å². The van der Waals surface area contributed by atoms with E-state index in [1.807, 2.05) is 49.4 Å². The van der Waals surface area contributed by atoms with Crippen molar-refractivity contribution in [1.82, 2.24) is 0 Å². The number of rotatable bonds is 5. The third kappa shape index (κ3) is 4.08. The summed E-state index contributed by atoms with van der Waals surface area (Å²) in [5.41, 5.74) is 3.11. The van der Waals surface area contributed by atoms with Crippen molar-refractivity contribution in [3.8, 4) is 16.9 Å². The maximum Gasteiger partial charge on any atom is 0.336 e. The van der Waals surface area contributed by atoms with Gasteiger partial charge in [0.25, 0.3) is 0 Å². The van der Waals surface area contributed by atoms with E-state index in [4.69, 9.17) is 20.8 Å². The van der Waals surface area contributed by atoms with Crippen molar-refractivity contribution in [2.45, 2.75) is 6.92 Å². The Labute approximate surface area is 172 Å². The van der Waals surface area contributed by atoms with Crippen LogP contribution in [0.1, 0.15) is 15.9 Å². The molecule has 4 rings (SSSR count). The van der Waals surface area contributed by atoms with Crippen LogP contribution in [0.3, 0.4) is 0 Å². The molecule has 3 aromatic carbocycles. The fourth-order valence-electron chi connectivity index (χ4n) is 3.10. The van der Waals surface area contributed by atoms with Crippen LogP contribution >= 0.6 is 11.6 Å². The number of aryl methyl sites for hydroxylation is 1. The molecule has 29 heavy (non-hydrogen) atoms. The summed E-state index contributed by atoms with van der Waals surface area (Å²) in [5.74, 6) is 0.119. The minimum absolute atomic E-state index is 0.166. The molecule has 0 saturated heterocycles. The van der Waals surface area contributed by atoms with Gasteiger partial charge in [-0.05, 0) is 24.1 Å². The molecule has 4 nitrogen and oxygen atoms in total. The summed E-state index contributed by atoms with van der Waals surface area (Å²) in [7, 11) is 0. The molecule has 1 aromatic heterocycles. The maximum atomic E-state index is 12.4. The molecule has 0 bridgehead atoms. The Hall–Kier alpha value is -3.37. The van der Waals surface area contributed by atoms with Crippen LogP contribution in [0.25, 0.3) is 22.1 Å². The van der Waals surface area contributed by atoms with Crippen molar-refractivity contribution in [2.24, 2.45) is 0 Å². The second-order valence-electron chi connectivity index (χ2n) is 6.70. The van der Waals surface area contributed by atoms with Crippen LogP contribution < -0.4 is 10.4 Å². The lowest BCUT2D eigenvalue weighted by Gasteiger charge is -2.11. The van der Waals surface area contributed by atoms with Gasteiger partial charge in [0.15, 0.2) is 12.4 Å². The molecule has 0 fully saturated rings. The summed E-state index contributed by atoms with van der Waals surface area (Å²) in [5, 5.41) is 1.03. The van der Waals surface area contributed by atoms with Crippen LogP contribution in [0, 0.1) is 6.92 Å². The van der Waals surface area contributed by atoms with E-state index in [1.54, 1.807) is 24.3 Å². The molecule has 0 N–H and O–H groups in total. The van der Waals surface area contributed by atoms with Crippen LogP contribution in [-0.2, 0) is 0 Å². The summed E-state index contributed by atoms with van der Waals surface area (Å²) < 4.78 is 11.0. The third-order valence-corrected chi connectivity index (χ3v) is 4.91. The number of ketones is 1. The first-order valence-electron chi connectivity index (χ1n) is 9.07. The molecule has 144 valence electrons. The predicted molar refractivity (Wildman–Crippen MR) is 114 cm³/mol. The van der Waals surface area contributed by atoms with E-state index >= 15 is 0 Å². The summed E-state index contributed by atoms with van der Waals surface area (Å²) >= 11 is 6.40. The highest BCUT2D eigenvalue weighted by Gasteiger charge is 2.14. The topological polar surface area (TPSA) is 56.5 Å². The van der Waals surface area contributed by atoms with Crippen molar-refractivity contribution in [1.29, 1.82) is 0 Å². The van der Waals surface area contributed by atoms with Gasteiger partial charge in [0.05, 0.1) is 5.02 Å². The Balaban J connectivity index is 1.66. The molecule has 1 heterocycles. The molecule has 0 radical (unpaired) electrons. The Morgan fingerprint density at radius 2 is 1.72 bits per heavy atom. The van der Waals surface area contributed by atoms with E-state index in [-0.39, 0.29) is 18.1 Å². The normalized spacial score (nSPS) is 10.8. The van der Waals surface area contributed by atoms with Gasteiger partial charge >= 0.3 is 5.63 Å². The van der Waals surface area contributed by atoms with Crippen LogP contribution in [0.4, 0.5) is 0 Å². The fourth-order valence-corrected chi connectivity index (χ4v) is 3.31. The smallest absolute Gasteiger partial charge is 0.336 e. The Bertz CT molecular complexity index is 1240. The highest BCUT2D eigenvalue weighted by molar-refractivity contribution is 6.33. The average Bonchev–Trinajstić information content (AvgIpc) is 2.73. The molecule has 5 heteroatoms. The zero-order valence-corrected chi connectivity index (χ0v) is 16.4. The maximum absolute atomic E-state index is 12.4. The molecule has 0 spiro atoms. The summed E-state index contributed by atoms with van der Waals surface area (Å²) in [6.45, 7) is 1.79. The van der Waals surface area contributed by atoms with Crippen LogP contribution in [-0.4, -0.2) is 12.4 Å². The lowest BCUT2D eigenvalue weighted by atomic mass is 10.0. The van der Waals surface area contributed by atoms with Gasteiger partial charge in [-0.2, -0.15) is 0 Å². The quantitative estimate of drug-likeness (QED) is 0.317. The molecule has 0 unspecified atom stereocenters. The first-order valence-corrected chi connectivity index (χ1v) is 9.44. The number of hydrogen-bond donors (Lipinski definition) is 0. The number of halogens is 1. The molecular formula is C24H17ClO4. The van der Waals surface area contributed by atoms with Crippen LogP contribution in [0.15, 0.2) is 82.0 Å². The molecule has 0 aliphatic rings. The standard InChI is InChI=1S/C24H17ClO4/c1-15-7-9-17(10-8-15)21(26)14-28-23-13-22-19(11-20(23)25)18(12-24(27)29-22)16-5-3-2-4-6-16/h2-13H,14H2,1H3. The Kier molecular flexibility index (Phi) is 5.19. The largest absolute Gasteiger partial charge is 0.484 e. The molecule has 4 aromatic rings. The van der Waals surface area contributed by atoms with Crippen molar-refractivity contribution < 1.29 is 13.9 Å². The van der Waals surface area contributed by atoms with E-state index in [0.717, 1.165) is 16.7 Å². The monoisotopic (exact) mass is 404 g/mol. The number of carbonyl (C=O) groups excluding carboxylic acids is 1. The van der Waals surface area contributed by atoms with Gasteiger partial charge in [0, 0.05) is 23.1 Å². The number of hydrogen-bond acceptors (Lipinski definition) is 4. The van der Waals surface area contributed by atoms with Gasteiger partial charge in [-0.1, -0.05) is 71.8 Å². The van der Waals surface area contributed by atoms with Gasteiger partial charge < -0.3 is 9.15 Å².